The number of aryl methyl sites for hydroxylation is 1. The second-order valence-corrected chi connectivity index (χ2v) is 4.75. The Bertz CT molecular complexity index is 326. The van der Waals surface area contributed by atoms with Crippen LogP contribution in [0.1, 0.15) is 31.9 Å². The molecule has 2 heterocycles. The van der Waals surface area contributed by atoms with Gasteiger partial charge in [-0.2, -0.15) is 0 Å². The zero-order valence-corrected chi connectivity index (χ0v) is 11.0. The summed E-state index contributed by atoms with van der Waals surface area (Å²) in [6, 6.07) is 0. The fourth-order valence-electron chi connectivity index (χ4n) is 2.36. The Morgan fingerprint density at radius 1 is 1.41 bits per heavy atom. The molecule has 1 aromatic heterocycles. The van der Waals surface area contributed by atoms with Gasteiger partial charge in [-0.25, -0.2) is 4.98 Å². The van der Waals surface area contributed by atoms with Crippen LogP contribution in [0.15, 0.2) is 12.5 Å². The van der Waals surface area contributed by atoms with E-state index in [4.69, 9.17) is 0 Å². The van der Waals surface area contributed by atoms with Gasteiger partial charge in [-0.05, 0) is 26.1 Å². The van der Waals surface area contributed by atoms with E-state index in [9.17, 15) is 0 Å². The van der Waals surface area contributed by atoms with Crippen LogP contribution in [0.2, 0.25) is 0 Å². The molecule has 0 bridgehead atoms. The SMILES string of the molecule is CCN(CC)CCCn1cncc1C1CNC1. The zero-order chi connectivity index (χ0) is 12.1. The molecule has 0 unspecified atom stereocenters. The van der Waals surface area contributed by atoms with Gasteiger partial charge >= 0.3 is 0 Å². The molecule has 1 N–H and O–H groups in total. The van der Waals surface area contributed by atoms with Gasteiger partial charge in [0.1, 0.15) is 0 Å². The summed E-state index contributed by atoms with van der Waals surface area (Å²) in [5, 5.41) is 3.32. The van der Waals surface area contributed by atoms with Crippen molar-refractivity contribution in [2.24, 2.45) is 0 Å². The molecule has 0 amide bonds. The summed E-state index contributed by atoms with van der Waals surface area (Å²) in [6.07, 6.45) is 5.23. The van der Waals surface area contributed by atoms with Gasteiger partial charge in [-0.1, -0.05) is 13.8 Å². The van der Waals surface area contributed by atoms with Gasteiger partial charge < -0.3 is 14.8 Å². The maximum atomic E-state index is 4.28. The lowest BCUT2D eigenvalue weighted by atomic mass is 10.00. The molecular weight excluding hydrogens is 212 g/mol. The van der Waals surface area contributed by atoms with Crippen molar-refractivity contribution >= 4 is 0 Å². The topological polar surface area (TPSA) is 33.1 Å². The summed E-state index contributed by atoms with van der Waals surface area (Å²) in [5.41, 5.74) is 1.41. The van der Waals surface area contributed by atoms with Gasteiger partial charge in [-0.3, -0.25) is 0 Å². The second kappa shape index (κ2) is 6.17. The second-order valence-electron chi connectivity index (χ2n) is 4.75. The van der Waals surface area contributed by atoms with Gasteiger partial charge in [-0.15, -0.1) is 0 Å². The van der Waals surface area contributed by atoms with Crippen LogP contribution in [-0.2, 0) is 6.54 Å². The molecule has 1 aliphatic rings. The lowest BCUT2D eigenvalue weighted by Gasteiger charge is -2.28. The molecule has 4 heteroatoms. The minimum absolute atomic E-state index is 0.686. The van der Waals surface area contributed by atoms with E-state index >= 15 is 0 Å². The van der Waals surface area contributed by atoms with Gasteiger partial charge in [0.05, 0.1) is 6.33 Å². The van der Waals surface area contributed by atoms with Crippen LogP contribution in [0.3, 0.4) is 0 Å². The van der Waals surface area contributed by atoms with Gasteiger partial charge in [0, 0.05) is 37.4 Å². The predicted molar refractivity (Wildman–Crippen MR) is 70.2 cm³/mol. The Kier molecular flexibility index (Phi) is 4.57. The van der Waals surface area contributed by atoms with Crippen molar-refractivity contribution < 1.29 is 0 Å². The molecular formula is C13H24N4. The van der Waals surface area contributed by atoms with Crippen molar-refractivity contribution in [2.75, 3.05) is 32.7 Å². The summed E-state index contributed by atoms with van der Waals surface area (Å²) in [7, 11) is 0. The Morgan fingerprint density at radius 3 is 2.76 bits per heavy atom. The van der Waals surface area contributed by atoms with Crippen molar-refractivity contribution in [2.45, 2.75) is 32.7 Å². The number of hydrogen-bond donors (Lipinski definition) is 1. The van der Waals surface area contributed by atoms with Crippen molar-refractivity contribution in [1.29, 1.82) is 0 Å². The molecule has 0 spiro atoms. The van der Waals surface area contributed by atoms with E-state index in [0.29, 0.717) is 5.92 Å². The molecule has 17 heavy (non-hydrogen) atoms. The van der Waals surface area contributed by atoms with Crippen molar-refractivity contribution in [1.82, 2.24) is 19.8 Å². The molecule has 0 atom stereocenters. The van der Waals surface area contributed by atoms with E-state index in [0.717, 1.165) is 32.7 Å². The molecule has 1 aromatic rings. The Hall–Kier alpha value is -0.870. The van der Waals surface area contributed by atoms with Crippen LogP contribution in [0.4, 0.5) is 0 Å². The van der Waals surface area contributed by atoms with Gasteiger partial charge in [0.15, 0.2) is 0 Å². The van der Waals surface area contributed by atoms with Crippen molar-refractivity contribution in [3.63, 3.8) is 0 Å². The van der Waals surface area contributed by atoms with E-state index < -0.39 is 0 Å². The zero-order valence-electron chi connectivity index (χ0n) is 11.0. The highest BCUT2D eigenvalue weighted by atomic mass is 15.1. The minimum Gasteiger partial charge on any atom is -0.334 e. The predicted octanol–water partition coefficient (Wildman–Crippen LogP) is 1.30. The number of hydrogen-bond acceptors (Lipinski definition) is 3. The normalized spacial score (nSPS) is 16.4. The monoisotopic (exact) mass is 236 g/mol. The largest absolute Gasteiger partial charge is 0.334 e. The number of nitrogens with one attached hydrogen (secondary N) is 1. The van der Waals surface area contributed by atoms with Crippen LogP contribution < -0.4 is 5.32 Å². The highest BCUT2D eigenvalue weighted by Gasteiger charge is 2.21. The lowest BCUT2D eigenvalue weighted by molar-refractivity contribution is 0.291. The number of aromatic nitrogens is 2. The molecule has 2 rings (SSSR count). The summed E-state index contributed by atoms with van der Waals surface area (Å²) in [5.74, 6) is 0.686. The Morgan fingerprint density at radius 2 is 2.18 bits per heavy atom. The third kappa shape index (κ3) is 3.07. The summed E-state index contributed by atoms with van der Waals surface area (Å²) < 4.78 is 2.33. The number of imidazole rings is 1. The highest BCUT2D eigenvalue weighted by molar-refractivity contribution is 5.11. The van der Waals surface area contributed by atoms with Crippen molar-refractivity contribution in [3.8, 4) is 0 Å². The molecule has 0 radical (unpaired) electrons. The molecule has 1 saturated heterocycles. The van der Waals surface area contributed by atoms with E-state index in [2.05, 4.69) is 33.6 Å². The molecule has 96 valence electrons. The Labute approximate surface area is 104 Å². The van der Waals surface area contributed by atoms with Crippen molar-refractivity contribution in [3.05, 3.63) is 18.2 Å². The lowest BCUT2D eigenvalue weighted by Crippen LogP contribution is -2.41. The summed E-state index contributed by atoms with van der Waals surface area (Å²) >= 11 is 0. The average molecular weight is 236 g/mol. The van der Waals surface area contributed by atoms with Gasteiger partial charge in [0.2, 0.25) is 0 Å². The fourth-order valence-corrected chi connectivity index (χ4v) is 2.36. The third-order valence-corrected chi connectivity index (χ3v) is 3.71. The van der Waals surface area contributed by atoms with Crippen LogP contribution in [0, 0.1) is 0 Å². The first-order valence-electron chi connectivity index (χ1n) is 6.78. The van der Waals surface area contributed by atoms with E-state index in [1.807, 2.05) is 12.5 Å². The van der Waals surface area contributed by atoms with Crippen LogP contribution in [0.5, 0.6) is 0 Å². The molecule has 0 saturated carbocycles. The standard InChI is InChI=1S/C13H24N4/c1-3-16(4-2)6-5-7-17-11-15-10-13(17)12-8-14-9-12/h10-12,14H,3-9H2,1-2H3. The number of nitrogens with zero attached hydrogens (tertiary/aromatic N) is 3. The fraction of sp³-hybridized carbons (Fsp3) is 0.769. The van der Waals surface area contributed by atoms with Crippen LogP contribution in [-0.4, -0.2) is 47.2 Å². The maximum Gasteiger partial charge on any atom is 0.0948 e. The first-order valence-corrected chi connectivity index (χ1v) is 6.78. The molecule has 1 aliphatic heterocycles. The highest BCUT2D eigenvalue weighted by Crippen LogP contribution is 2.19. The van der Waals surface area contributed by atoms with E-state index in [1.165, 1.54) is 18.7 Å². The third-order valence-electron chi connectivity index (χ3n) is 3.71. The molecule has 0 aromatic carbocycles. The summed E-state index contributed by atoms with van der Waals surface area (Å²) in [4.78, 5) is 6.76. The molecule has 1 fully saturated rings. The smallest absolute Gasteiger partial charge is 0.0948 e. The molecule has 0 aliphatic carbocycles. The first-order chi connectivity index (χ1) is 8.35. The van der Waals surface area contributed by atoms with Gasteiger partial charge in [0.25, 0.3) is 0 Å². The maximum absolute atomic E-state index is 4.28. The molecule has 4 nitrogen and oxygen atoms in total. The number of rotatable bonds is 7. The Balaban J connectivity index is 1.80. The summed E-state index contributed by atoms with van der Waals surface area (Å²) in [6.45, 7) is 11.3. The average Bonchev–Trinajstić information content (AvgIpc) is 2.71. The van der Waals surface area contributed by atoms with E-state index in [-0.39, 0.29) is 0 Å². The minimum atomic E-state index is 0.686. The quantitative estimate of drug-likeness (QED) is 0.774. The van der Waals surface area contributed by atoms with E-state index in [1.54, 1.807) is 0 Å². The first kappa shape index (κ1) is 12.6. The van der Waals surface area contributed by atoms with Crippen LogP contribution in [0.25, 0.3) is 0 Å². The van der Waals surface area contributed by atoms with Crippen LogP contribution >= 0.6 is 0 Å².